The quantitative estimate of drug-likeness (QED) is 0.892. The van der Waals surface area contributed by atoms with Gasteiger partial charge in [0.1, 0.15) is 6.26 Å². The average Bonchev–Trinajstić information content (AvgIpc) is 2.89. The van der Waals surface area contributed by atoms with Gasteiger partial charge in [0.2, 0.25) is 5.09 Å². The summed E-state index contributed by atoms with van der Waals surface area (Å²) in [7, 11) is -2.36. The molecule has 0 bridgehead atoms. The van der Waals surface area contributed by atoms with Crippen molar-refractivity contribution in [1.82, 2.24) is 9.62 Å². The van der Waals surface area contributed by atoms with Crippen LogP contribution in [0.3, 0.4) is 0 Å². The van der Waals surface area contributed by atoms with Gasteiger partial charge in [-0.2, -0.15) is 0 Å². The van der Waals surface area contributed by atoms with E-state index in [1.54, 1.807) is 0 Å². The highest BCUT2D eigenvalue weighted by Crippen LogP contribution is 2.25. The Bertz CT molecular complexity index is 636. The van der Waals surface area contributed by atoms with Gasteiger partial charge >= 0.3 is 0 Å². The predicted molar refractivity (Wildman–Crippen MR) is 87.7 cm³/mol. The van der Waals surface area contributed by atoms with Gasteiger partial charge in [0.25, 0.3) is 15.9 Å². The van der Waals surface area contributed by atoms with Crippen molar-refractivity contribution >= 4 is 15.9 Å². The molecule has 1 saturated heterocycles. The number of likely N-dealkylation sites (tertiary alicyclic amines) is 1. The molecule has 1 fully saturated rings. The standard InChI is InChI=1S/C16H26N2O4S/c1-12(2)9-14-7-5-4-6-8-18(14)16(19)13-10-15(22-11-13)23(20,21)17-3/h10-12,14,17H,4-9H2,1-3H3/t14-/m0/s1. The third-order valence-electron chi connectivity index (χ3n) is 4.24. The second-order valence-corrected chi connectivity index (χ2v) is 8.31. The van der Waals surface area contributed by atoms with E-state index in [4.69, 9.17) is 4.42 Å². The number of carbonyl (C=O) groups excluding carboxylic acids is 1. The fourth-order valence-electron chi connectivity index (χ4n) is 3.07. The van der Waals surface area contributed by atoms with Gasteiger partial charge in [0.15, 0.2) is 0 Å². The van der Waals surface area contributed by atoms with Crippen molar-refractivity contribution in [3.8, 4) is 0 Å². The van der Waals surface area contributed by atoms with Crippen LogP contribution in [0.25, 0.3) is 0 Å². The van der Waals surface area contributed by atoms with Gasteiger partial charge in [-0.3, -0.25) is 4.79 Å². The molecule has 0 unspecified atom stereocenters. The number of furan rings is 1. The number of carbonyl (C=O) groups is 1. The lowest BCUT2D eigenvalue weighted by Crippen LogP contribution is -2.40. The van der Waals surface area contributed by atoms with Crippen LogP contribution in [0.1, 0.15) is 56.3 Å². The fourth-order valence-corrected chi connectivity index (χ4v) is 3.73. The zero-order valence-electron chi connectivity index (χ0n) is 14.0. The molecule has 1 amide bonds. The van der Waals surface area contributed by atoms with Crippen molar-refractivity contribution in [2.75, 3.05) is 13.6 Å². The van der Waals surface area contributed by atoms with Crippen molar-refractivity contribution in [3.63, 3.8) is 0 Å². The Kier molecular flexibility index (Phi) is 5.86. The first kappa shape index (κ1) is 18.0. The molecule has 1 aromatic rings. The highest BCUT2D eigenvalue weighted by atomic mass is 32.2. The Labute approximate surface area is 138 Å². The van der Waals surface area contributed by atoms with E-state index >= 15 is 0 Å². The van der Waals surface area contributed by atoms with Crippen LogP contribution in [0.4, 0.5) is 0 Å². The average molecular weight is 342 g/mol. The maximum atomic E-state index is 12.8. The molecule has 7 heteroatoms. The van der Waals surface area contributed by atoms with Crippen molar-refractivity contribution in [3.05, 3.63) is 17.9 Å². The lowest BCUT2D eigenvalue weighted by Gasteiger charge is -2.31. The second-order valence-electron chi connectivity index (χ2n) is 6.49. The first-order valence-electron chi connectivity index (χ1n) is 8.18. The van der Waals surface area contributed by atoms with E-state index in [0.717, 1.165) is 38.6 Å². The molecule has 1 atom stereocenters. The lowest BCUT2D eigenvalue weighted by molar-refractivity contribution is 0.0660. The highest BCUT2D eigenvalue weighted by Gasteiger charge is 2.29. The van der Waals surface area contributed by atoms with Gasteiger partial charge in [-0.05, 0) is 32.2 Å². The minimum atomic E-state index is -3.67. The van der Waals surface area contributed by atoms with Gasteiger partial charge in [-0.1, -0.05) is 26.7 Å². The third-order valence-corrected chi connectivity index (χ3v) is 5.52. The first-order chi connectivity index (χ1) is 10.8. The van der Waals surface area contributed by atoms with Crippen LogP contribution >= 0.6 is 0 Å². The Morgan fingerprint density at radius 3 is 2.78 bits per heavy atom. The van der Waals surface area contributed by atoms with Gasteiger partial charge in [0.05, 0.1) is 5.56 Å². The maximum absolute atomic E-state index is 12.8. The molecule has 1 N–H and O–H groups in total. The number of nitrogens with zero attached hydrogens (tertiary/aromatic N) is 1. The van der Waals surface area contributed by atoms with Crippen LogP contribution in [0.5, 0.6) is 0 Å². The smallest absolute Gasteiger partial charge is 0.273 e. The summed E-state index contributed by atoms with van der Waals surface area (Å²) in [6.45, 7) is 5.03. The SMILES string of the molecule is CNS(=O)(=O)c1cc(C(=O)N2CCCCC[C@H]2CC(C)C)co1. The summed E-state index contributed by atoms with van der Waals surface area (Å²) in [5, 5.41) is -0.224. The molecule has 0 spiro atoms. The summed E-state index contributed by atoms with van der Waals surface area (Å²) in [5.41, 5.74) is 0.300. The Morgan fingerprint density at radius 2 is 2.13 bits per heavy atom. The van der Waals surface area contributed by atoms with E-state index in [-0.39, 0.29) is 17.0 Å². The number of sulfonamides is 1. The molecular formula is C16H26N2O4S. The lowest BCUT2D eigenvalue weighted by atomic mass is 9.98. The van der Waals surface area contributed by atoms with Crippen molar-refractivity contribution in [2.24, 2.45) is 5.92 Å². The molecule has 2 heterocycles. The van der Waals surface area contributed by atoms with Crippen molar-refractivity contribution < 1.29 is 17.6 Å². The molecule has 6 nitrogen and oxygen atoms in total. The van der Waals surface area contributed by atoms with Gasteiger partial charge in [-0.25, -0.2) is 13.1 Å². The maximum Gasteiger partial charge on any atom is 0.273 e. The van der Waals surface area contributed by atoms with Crippen molar-refractivity contribution in [2.45, 2.75) is 57.1 Å². The van der Waals surface area contributed by atoms with Crippen molar-refractivity contribution in [1.29, 1.82) is 0 Å². The number of nitrogens with one attached hydrogen (secondary N) is 1. The number of amides is 1. The molecule has 2 rings (SSSR count). The zero-order valence-corrected chi connectivity index (χ0v) is 14.9. The minimum Gasteiger partial charge on any atom is -0.451 e. The van der Waals surface area contributed by atoms with E-state index in [2.05, 4.69) is 18.6 Å². The summed E-state index contributed by atoms with van der Waals surface area (Å²) in [6, 6.07) is 1.52. The number of rotatable bonds is 5. The summed E-state index contributed by atoms with van der Waals surface area (Å²) in [6.07, 6.45) is 6.45. The molecule has 23 heavy (non-hydrogen) atoms. The molecule has 1 aliphatic heterocycles. The molecule has 0 radical (unpaired) electrons. The first-order valence-corrected chi connectivity index (χ1v) is 9.66. The Morgan fingerprint density at radius 1 is 1.39 bits per heavy atom. The topological polar surface area (TPSA) is 79.6 Å². The van der Waals surface area contributed by atoms with Gasteiger partial charge in [0, 0.05) is 18.7 Å². The van der Waals surface area contributed by atoms with E-state index in [9.17, 15) is 13.2 Å². The highest BCUT2D eigenvalue weighted by molar-refractivity contribution is 7.89. The minimum absolute atomic E-state index is 0.140. The fraction of sp³-hybridized carbons (Fsp3) is 0.688. The normalized spacial score (nSPS) is 19.8. The summed E-state index contributed by atoms with van der Waals surface area (Å²) in [4.78, 5) is 14.7. The molecule has 130 valence electrons. The second kappa shape index (κ2) is 7.49. The molecule has 0 aromatic carbocycles. The molecule has 1 aliphatic rings. The molecule has 1 aromatic heterocycles. The zero-order chi connectivity index (χ0) is 17.0. The van der Waals surface area contributed by atoms with Crippen LogP contribution in [-0.2, 0) is 10.0 Å². The van der Waals surface area contributed by atoms with Crippen LogP contribution in [-0.4, -0.2) is 38.9 Å². The molecular weight excluding hydrogens is 316 g/mol. The van der Waals surface area contributed by atoms with E-state index in [1.165, 1.54) is 19.4 Å². The largest absolute Gasteiger partial charge is 0.451 e. The van der Waals surface area contributed by atoms with E-state index in [1.807, 2.05) is 4.90 Å². The predicted octanol–water partition coefficient (Wildman–Crippen LogP) is 2.62. The monoisotopic (exact) mass is 342 g/mol. The summed E-state index contributed by atoms with van der Waals surface area (Å²) in [5.74, 6) is 0.372. The summed E-state index contributed by atoms with van der Waals surface area (Å²) < 4.78 is 30.8. The Balaban J connectivity index is 2.22. The summed E-state index contributed by atoms with van der Waals surface area (Å²) >= 11 is 0. The third kappa shape index (κ3) is 4.35. The number of hydrogen-bond donors (Lipinski definition) is 1. The van der Waals surface area contributed by atoms with Gasteiger partial charge in [-0.15, -0.1) is 0 Å². The van der Waals surface area contributed by atoms with Crippen LogP contribution in [0.15, 0.2) is 21.8 Å². The van der Waals surface area contributed by atoms with E-state index in [0.29, 0.717) is 11.5 Å². The van der Waals surface area contributed by atoms with E-state index < -0.39 is 10.0 Å². The number of hydrogen-bond acceptors (Lipinski definition) is 4. The molecule has 0 saturated carbocycles. The van der Waals surface area contributed by atoms with Crippen LogP contribution < -0.4 is 4.72 Å². The van der Waals surface area contributed by atoms with Crippen LogP contribution in [0.2, 0.25) is 0 Å². The van der Waals surface area contributed by atoms with Gasteiger partial charge < -0.3 is 9.32 Å². The molecule has 0 aliphatic carbocycles. The van der Waals surface area contributed by atoms with Crippen LogP contribution in [0, 0.1) is 5.92 Å². The Hall–Kier alpha value is -1.34.